The van der Waals surface area contributed by atoms with Crippen LogP contribution in [-0.2, 0) is 17.8 Å². The molecule has 1 fully saturated rings. The van der Waals surface area contributed by atoms with Crippen molar-refractivity contribution < 1.29 is 4.79 Å². The van der Waals surface area contributed by atoms with Crippen molar-refractivity contribution >= 4 is 5.91 Å². The SMILES string of the molecule is Cc1cc(Cn2nc3n(c2=O)[C@@H](C(=O)N2CCCC2)CCC3)ccn1. The highest BCUT2D eigenvalue weighted by molar-refractivity contribution is 5.80. The molecule has 0 radical (unpaired) electrons. The molecule has 2 aromatic heterocycles. The molecular weight excluding hydrogens is 318 g/mol. The van der Waals surface area contributed by atoms with Gasteiger partial charge >= 0.3 is 5.69 Å². The standard InChI is InChI=1S/C18H23N5O2/c1-13-11-14(7-8-19-13)12-22-18(25)23-15(5-4-6-16(23)20-22)17(24)21-9-2-3-10-21/h7-8,11,15H,2-6,9-10,12H2,1H3/t15-/m1/s1. The second-order valence-corrected chi connectivity index (χ2v) is 6.97. The van der Waals surface area contributed by atoms with Gasteiger partial charge in [0, 0.05) is 31.4 Å². The van der Waals surface area contributed by atoms with Crippen LogP contribution in [0.15, 0.2) is 23.1 Å². The van der Waals surface area contributed by atoms with Crippen LogP contribution in [0.1, 0.15) is 48.8 Å². The minimum absolute atomic E-state index is 0.0832. The van der Waals surface area contributed by atoms with Gasteiger partial charge < -0.3 is 4.90 Å². The van der Waals surface area contributed by atoms with Gasteiger partial charge in [0.2, 0.25) is 5.91 Å². The number of aromatic nitrogens is 4. The van der Waals surface area contributed by atoms with Crippen LogP contribution in [-0.4, -0.2) is 43.2 Å². The van der Waals surface area contributed by atoms with Crippen LogP contribution in [0.4, 0.5) is 0 Å². The molecule has 2 aliphatic rings. The molecule has 7 heteroatoms. The van der Waals surface area contributed by atoms with Crippen LogP contribution in [0, 0.1) is 6.92 Å². The maximum atomic E-state index is 12.9. The summed E-state index contributed by atoms with van der Waals surface area (Å²) in [6.45, 7) is 3.95. The van der Waals surface area contributed by atoms with Gasteiger partial charge in [0.1, 0.15) is 11.9 Å². The minimum Gasteiger partial charge on any atom is -0.341 e. The predicted octanol–water partition coefficient (Wildman–Crippen LogP) is 1.30. The van der Waals surface area contributed by atoms with Gasteiger partial charge in [-0.05, 0) is 50.3 Å². The highest BCUT2D eigenvalue weighted by atomic mass is 16.2. The Hall–Kier alpha value is -2.44. The molecule has 1 saturated heterocycles. The fourth-order valence-electron chi connectivity index (χ4n) is 3.89. The Morgan fingerprint density at radius 3 is 2.84 bits per heavy atom. The molecular formula is C18H23N5O2. The first kappa shape index (κ1) is 16.1. The smallest absolute Gasteiger partial charge is 0.341 e. The molecule has 4 rings (SSSR count). The van der Waals surface area contributed by atoms with E-state index in [4.69, 9.17) is 0 Å². The van der Waals surface area contributed by atoms with E-state index in [2.05, 4.69) is 10.1 Å². The summed E-state index contributed by atoms with van der Waals surface area (Å²) in [5.41, 5.74) is 1.73. The van der Waals surface area contributed by atoms with Crippen molar-refractivity contribution in [2.45, 2.75) is 51.6 Å². The predicted molar refractivity (Wildman–Crippen MR) is 92.4 cm³/mol. The third-order valence-corrected chi connectivity index (χ3v) is 5.13. The molecule has 0 spiro atoms. The van der Waals surface area contributed by atoms with E-state index in [1.54, 1.807) is 10.8 Å². The first-order chi connectivity index (χ1) is 12.1. The Bertz CT molecular complexity index is 847. The Morgan fingerprint density at radius 1 is 1.28 bits per heavy atom. The molecule has 2 aliphatic heterocycles. The maximum Gasteiger partial charge on any atom is 0.346 e. The van der Waals surface area contributed by atoms with Crippen LogP contribution in [0.2, 0.25) is 0 Å². The van der Waals surface area contributed by atoms with Gasteiger partial charge in [0.05, 0.1) is 6.54 Å². The fraction of sp³-hybridized carbons (Fsp3) is 0.556. The first-order valence-electron chi connectivity index (χ1n) is 9.02. The molecule has 132 valence electrons. The molecule has 1 atom stereocenters. The number of likely N-dealkylation sites (tertiary alicyclic amines) is 1. The number of nitrogens with zero attached hydrogens (tertiary/aromatic N) is 5. The average molecular weight is 341 g/mol. The van der Waals surface area contributed by atoms with Gasteiger partial charge in [-0.25, -0.2) is 9.48 Å². The van der Waals surface area contributed by atoms with Crippen molar-refractivity contribution in [2.24, 2.45) is 0 Å². The molecule has 0 unspecified atom stereocenters. The summed E-state index contributed by atoms with van der Waals surface area (Å²) in [6, 6.07) is 3.46. The van der Waals surface area contributed by atoms with E-state index in [0.29, 0.717) is 6.54 Å². The summed E-state index contributed by atoms with van der Waals surface area (Å²) in [7, 11) is 0. The highest BCUT2D eigenvalue weighted by Crippen LogP contribution is 2.25. The Balaban J connectivity index is 1.65. The van der Waals surface area contributed by atoms with E-state index < -0.39 is 0 Å². The van der Waals surface area contributed by atoms with Crippen molar-refractivity contribution in [3.63, 3.8) is 0 Å². The van der Waals surface area contributed by atoms with Crippen molar-refractivity contribution in [3.8, 4) is 0 Å². The number of aryl methyl sites for hydroxylation is 2. The van der Waals surface area contributed by atoms with Gasteiger partial charge in [0.15, 0.2) is 0 Å². The van der Waals surface area contributed by atoms with Crippen molar-refractivity contribution in [2.75, 3.05) is 13.1 Å². The Morgan fingerprint density at radius 2 is 2.08 bits per heavy atom. The molecule has 0 N–H and O–H groups in total. The van der Waals surface area contributed by atoms with Crippen LogP contribution < -0.4 is 5.69 Å². The number of pyridine rings is 1. The zero-order valence-corrected chi connectivity index (χ0v) is 14.5. The highest BCUT2D eigenvalue weighted by Gasteiger charge is 2.34. The van der Waals surface area contributed by atoms with E-state index in [1.165, 1.54) is 4.68 Å². The molecule has 0 aromatic carbocycles. The maximum absolute atomic E-state index is 12.9. The summed E-state index contributed by atoms with van der Waals surface area (Å²) >= 11 is 0. The number of carbonyl (C=O) groups is 1. The Kier molecular flexibility index (Phi) is 4.15. The number of carbonyl (C=O) groups excluding carboxylic acids is 1. The molecule has 0 saturated carbocycles. The zero-order valence-electron chi connectivity index (χ0n) is 14.5. The van der Waals surface area contributed by atoms with Gasteiger partial charge in [0.25, 0.3) is 0 Å². The fourth-order valence-corrected chi connectivity index (χ4v) is 3.89. The summed E-state index contributed by atoms with van der Waals surface area (Å²) < 4.78 is 3.12. The van der Waals surface area contributed by atoms with Crippen LogP contribution in [0.5, 0.6) is 0 Å². The number of fused-ring (bicyclic) bond motifs is 1. The number of hydrogen-bond donors (Lipinski definition) is 0. The second kappa shape index (κ2) is 6.46. The second-order valence-electron chi connectivity index (χ2n) is 6.97. The quantitative estimate of drug-likeness (QED) is 0.843. The lowest BCUT2D eigenvalue weighted by atomic mass is 10.0. The van der Waals surface area contributed by atoms with Crippen molar-refractivity contribution in [1.82, 2.24) is 24.2 Å². The summed E-state index contributed by atoms with van der Waals surface area (Å²) in [5, 5.41) is 4.51. The van der Waals surface area contributed by atoms with Gasteiger partial charge in [-0.15, -0.1) is 0 Å². The lowest BCUT2D eigenvalue weighted by molar-refractivity contribution is -0.134. The van der Waals surface area contributed by atoms with Crippen LogP contribution in [0.3, 0.4) is 0 Å². The van der Waals surface area contributed by atoms with E-state index in [9.17, 15) is 9.59 Å². The Labute approximate surface area is 146 Å². The first-order valence-corrected chi connectivity index (χ1v) is 9.02. The minimum atomic E-state index is -0.387. The largest absolute Gasteiger partial charge is 0.346 e. The number of hydrogen-bond acceptors (Lipinski definition) is 4. The molecule has 0 bridgehead atoms. The molecule has 0 aliphatic carbocycles. The third-order valence-electron chi connectivity index (χ3n) is 5.13. The van der Waals surface area contributed by atoms with E-state index in [1.807, 2.05) is 24.0 Å². The van der Waals surface area contributed by atoms with E-state index in [0.717, 1.165) is 62.3 Å². The van der Waals surface area contributed by atoms with Gasteiger partial charge in [-0.3, -0.25) is 14.3 Å². The van der Waals surface area contributed by atoms with Crippen LogP contribution in [0.25, 0.3) is 0 Å². The van der Waals surface area contributed by atoms with Crippen molar-refractivity contribution in [3.05, 3.63) is 45.9 Å². The summed E-state index contributed by atoms with van der Waals surface area (Å²) in [6.07, 6.45) is 6.23. The van der Waals surface area contributed by atoms with E-state index in [-0.39, 0.29) is 17.6 Å². The molecule has 25 heavy (non-hydrogen) atoms. The molecule has 4 heterocycles. The zero-order chi connectivity index (χ0) is 17.4. The topological polar surface area (TPSA) is 73.0 Å². The number of amides is 1. The van der Waals surface area contributed by atoms with Gasteiger partial charge in [-0.1, -0.05) is 0 Å². The van der Waals surface area contributed by atoms with E-state index >= 15 is 0 Å². The summed E-state index contributed by atoms with van der Waals surface area (Å²) in [5.74, 6) is 0.819. The normalized spacial score (nSPS) is 19.9. The van der Waals surface area contributed by atoms with Crippen molar-refractivity contribution in [1.29, 1.82) is 0 Å². The number of rotatable bonds is 3. The average Bonchev–Trinajstić information content (AvgIpc) is 3.24. The molecule has 2 aromatic rings. The molecule has 1 amide bonds. The van der Waals surface area contributed by atoms with Gasteiger partial charge in [-0.2, -0.15) is 5.10 Å². The lowest BCUT2D eigenvalue weighted by Gasteiger charge is -2.27. The monoisotopic (exact) mass is 341 g/mol. The third kappa shape index (κ3) is 2.99. The lowest BCUT2D eigenvalue weighted by Crippen LogP contribution is -2.41. The molecule has 7 nitrogen and oxygen atoms in total. The summed E-state index contributed by atoms with van der Waals surface area (Å²) in [4.78, 5) is 31.8. The van der Waals surface area contributed by atoms with Crippen LogP contribution >= 0.6 is 0 Å².